The van der Waals surface area contributed by atoms with Crippen LogP contribution in [0.2, 0.25) is 0 Å². The Kier molecular flexibility index (Phi) is 4.70. The fraction of sp³-hybridized carbons (Fsp3) is 0.500. The van der Waals surface area contributed by atoms with Crippen molar-refractivity contribution in [3.63, 3.8) is 0 Å². The van der Waals surface area contributed by atoms with Crippen molar-refractivity contribution in [2.45, 2.75) is 45.2 Å². The normalized spacial score (nSPS) is 13.4. The van der Waals surface area contributed by atoms with Gasteiger partial charge in [-0.25, -0.2) is 0 Å². The van der Waals surface area contributed by atoms with Crippen molar-refractivity contribution in [2.75, 3.05) is 0 Å². The molecule has 0 spiro atoms. The molecule has 0 aliphatic carbocycles. The van der Waals surface area contributed by atoms with E-state index in [1.165, 1.54) is 5.56 Å². The molecule has 1 unspecified atom stereocenters. The zero-order valence-electron chi connectivity index (χ0n) is 10.7. The van der Waals surface area contributed by atoms with Gasteiger partial charge in [-0.1, -0.05) is 30.3 Å². The van der Waals surface area contributed by atoms with Gasteiger partial charge in [-0.2, -0.15) is 0 Å². The Bertz CT molecular complexity index is 360. The van der Waals surface area contributed by atoms with E-state index in [1.807, 2.05) is 25.1 Å². The summed E-state index contributed by atoms with van der Waals surface area (Å²) in [5.41, 5.74) is 0.421. The standard InChI is InChI=1S/C14H21NO2/c1-11(15-14(2,3)13(16)17)9-10-12-7-5-4-6-8-12/h4-8,11,15H,9-10H2,1-3H3,(H,16,17). The highest BCUT2D eigenvalue weighted by molar-refractivity contribution is 5.77. The zero-order valence-corrected chi connectivity index (χ0v) is 10.7. The SMILES string of the molecule is CC(CCc1ccccc1)NC(C)(C)C(=O)O. The first-order valence-electron chi connectivity index (χ1n) is 5.97. The maximum absolute atomic E-state index is 11.0. The lowest BCUT2D eigenvalue weighted by Gasteiger charge is -2.26. The average molecular weight is 235 g/mol. The predicted octanol–water partition coefficient (Wildman–Crippen LogP) is 2.46. The lowest BCUT2D eigenvalue weighted by Crippen LogP contribution is -2.50. The van der Waals surface area contributed by atoms with E-state index in [2.05, 4.69) is 17.4 Å². The number of rotatable bonds is 6. The fourth-order valence-corrected chi connectivity index (χ4v) is 1.78. The summed E-state index contributed by atoms with van der Waals surface area (Å²) in [5, 5.41) is 12.1. The summed E-state index contributed by atoms with van der Waals surface area (Å²) in [6.45, 7) is 5.40. The van der Waals surface area contributed by atoms with E-state index < -0.39 is 11.5 Å². The molecule has 3 nitrogen and oxygen atoms in total. The molecule has 1 aromatic carbocycles. The van der Waals surface area contributed by atoms with Crippen LogP contribution in [-0.2, 0) is 11.2 Å². The molecule has 0 aliphatic heterocycles. The Balaban J connectivity index is 2.41. The smallest absolute Gasteiger partial charge is 0.323 e. The molecule has 0 bridgehead atoms. The molecule has 1 aromatic rings. The van der Waals surface area contributed by atoms with Crippen molar-refractivity contribution in [1.29, 1.82) is 0 Å². The Morgan fingerprint density at radius 3 is 2.47 bits per heavy atom. The maximum atomic E-state index is 11.0. The summed E-state index contributed by atoms with van der Waals surface area (Å²) in [6.07, 6.45) is 1.89. The Morgan fingerprint density at radius 2 is 1.94 bits per heavy atom. The van der Waals surface area contributed by atoms with Crippen molar-refractivity contribution in [3.8, 4) is 0 Å². The van der Waals surface area contributed by atoms with Gasteiger partial charge < -0.3 is 5.11 Å². The van der Waals surface area contributed by atoms with Crippen LogP contribution in [0.1, 0.15) is 32.8 Å². The topological polar surface area (TPSA) is 49.3 Å². The molecule has 0 amide bonds. The van der Waals surface area contributed by atoms with E-state index in [9.17, 15) is 4.79 Å². The van der Waals surface area contributed by atoms with Crippen LogP contribution in [0.3, 0.4) is 0 Å². The monoisotopic (exact) mass is 235 g/mol. The minimum Gasteiger partial charge on any atom is -0.480 e. The highest BCUT2D eigenvalue weighted by Crippen LogP contribution is 2.09. The molecule has 0 fully saturated rings. The molecular weight excluding hydrogens is 214 g/mol. The lowest BCUT2D eigenvalue weighted by molar-refractivity contribution is -0.143. The van der Waals surface area contributed by atoms with Crippen LogP contribution in [-0.4, -0.2) is 22.7 Å². The number of aryl methyl sites for hydroxylation is 1. The lowest BCUT2D eigenvalue weighted by atomic mass is 10.0. The molecule has 3 heteroatoms. The highest BCUT2D eigenvalue weighted by Gasteiger charge is 2.27. The third kappa shape index (κ3) is 4.57. The van der Waals surface area contributed by atoms with Gasteiger partial charge >= 0.3 is 5.97 Å². The summed E-state index contributed by atoms with van der Waals surface area (Å²) in [7, 11) is 0. The molecule has 0 saturated heterocycles. The molecule has 1 atom stereocenters. The van der Waals surface area contributed by atoms with Crippen LogP contribution in [0.5, 0.6) is 0 Å². The first-order valence-corrected chi connectivity index (χ1v) is 5.97. The van der Waals surface area contributed by atoms with Gasteiger partial charge in [-0.15, -0.1) is 0 Å². The van der Waals surface area contributed by atoms with Crippen molar-refractivity contribution < 1.29 is 9.90 Å². The molecule has 0 saturated carbocycles. The second-order valence-corrected chi connectivity index (χ2v) is 5.00. The third-order valence-electron chi connectivity index (χ3n) is 2.85. The molecule has 94 valence electrons. The summed E-state index contributed by atoms with van der Waals surface area (Å²) >= 11 is 0. The van der Waals surface area contributed by atoms with Gasteiger partial charge in [0.15, 0.2) is 0 Å². The Hall–Kier alpha value is -1.35. The van der Waals surface area contributed by atoms with E-state index >= 15 is 0 Å². The number of carboxylic acids is 1. The summed E-state index contributed by atoms with van der Waals surface area (Å²) < 4.78 is 0. The number of hydrogen-bond acceptors (Lipinski definition) is 2. The molecule has 1 rings (SSSR count). The van der Waals surface area contributed by atoms with Gasteiger partial charge in [-0.05, 0) is 39.2 Å². The van der Waals surface area contributed by atoms with E-state index in [0.29, 0.717) is 0 Å². The second-order valence-electron chi connectivity index (χ2n) is 5.00. The first-order chi connectivity index (χ1) is 7.92. The van der Waals surface area contributed by atoms with E-state index in [1.54, 1.807) is 13.8 Å². The number of carbonyl (C=O) groups is 1. The Morgan fingerprint density at radius 1 is 1.35 bits per heavy atom. The van der Waals surface area contributed by atoms with Gasteiger partial charge in [0.1, 0.15) is 5.54 Å². The van der Waals surface area contributed by atoms with Crippen molar-refractivity contribution in [1.82, 2.24) is 5.32 Å². The van der Waals surface area contributed by atoms with Crippen LogP contribution < -0.4 is 5.32 Å². The van der Waals surface area contributed by atoms with Gasteiger partial charge in [0.25, 0.3) is 0 Å². The van der Waals surface area contributed by atoms with Crippen molar-refractivity contribution in [3.05, 3.63) is 35.9 Å². The molecule has 0 aromatic heterocycles. The summed E-state index contributed by atoms with van der Waals surface area (Å²) in [5.74, 6) is -0.816. The van der Waals surface area contributed by atoms with Gasteiger partial charge in [-0.3, -0.25) is 10.1 Å². The predicted molar refractivity (Wildman–Crippen MR) is 69.1 cm³/mol. The fourth-order valence-electron chi connectivity index (χ4n) is 1.78. The van der Waals surface area contributed by atoms with Crippen LogP contribution in [0.15, 0.2) is 30.3 Å². The Labute approximate surface area is 103 Å². The molecule has 0 heterocycles. The molecule has 17 heavy (non-hydrogen) atoms. The number of aliphatic carboxylic acids is 1. The van der Waals surface area contributed by atoms with Gasteiger partial charge in [0.2, 0.25) is 0 Å². The molecule has 2 N–H and O–H groups in total. The number of benzene rings is 1. The van der Waals surface area contributed by atoms with Gasteiger partial charge in [0.05, 0.1) is 0 Å². The number of hydrogen-bond donors (Lipinski definition) is 2. The van der Waals surface area contributed by atoms with E-state index in [4.69, 9.17) is 5.11 Å². The van der Waals surface area contributed by atoms with Crippen LogP contribution in [0, 0.1) is 0 Å². The van der Waals surface area contributed by atoms with E-state index in [-0.39, 0.29) is 6.04 Å². The van der Waals surface area contributed by atoms with E-state index in [0.717, 1.165) is 12.8 Å². The minimum absolute atomic E-state index is 0.182. The van der Waals surface area contributed by atoms with Crippen LogP contribution in [0.25, 0.3) is 0 Å². The number of carboxylic acid groups (broad SMARTS) is 1. The molecule has 0 radical (unpaired) electrons. The first kappa shape index (κ1) is 13.7. The summed E-state index contributed by atoms with van der Waals surface area (Å²) in [4.78, 5) is 11.0. The minimum atomic E-state index is -0.865. The highest BCUT2D eigenvalue weighted by atomic mass is 16.4. The van der Waals surface area contributed by atoms with Gasteiger partial charge in [0, 0.05) is 6.04 Å². The summed E-state index contributed by atoms with van der Waals surface area (Å²) in [6, 6.07) is 10.4. The van der Waals surface area contributed by atoms with Crippen molar-refractivity contribution >= 4 is 5.97 Å². The maximum Gasteiger partial charge on any atom is 0.323 e. The zero-order chi connectivity index (χ0) is 12.9. The second kappa shape index (κ2) is 5.82. The van der Waals surface area contributed by atoms with Crippen molar-refractivity contribution in [2.24, 2.45) is 0 Å². The quantitative estimate of drug-likeness (QED) is 0.796. The van der Waals surface area contributed by atoms with Crippen LogP contribution >= 0.6 is 0 Å². The van der Waals surface area contributed by atoms with Crippen LogP contribution in [0.4, 0.5) is 0 Å². The number of nitrogens with one attached hydrogen (secondary N) is 1. The molecular formula is C14H21NO2. The average Bonchev–Trinajstić information content (AvgIpc) is 2.27. The molecule has 0 aliphatic rings. The third-order valence-corrected chi connectivity index (χ3v) is 2.85. The largest absolute Gasteiger partial charge is 0.480 e.